The smallest absolute Gasteiger partial charge is 0.220 e. The van der Waals surface area contributed by atoms with Crippen molar-refractivity contribution in [1.82, 2.24) is 20.1 Å². The largest absolute Gasteiger partial charge is 0.497 e. The number of carbonyl (C=O) groups is 1. The van der Waals surface area contributed by atoms with E-state index in [2.05, 4.69) is 10.3 Å². The molecule has 32 heavy (non-hydrogen) atoms. The first-order chi connectivity index (χ1) is 15.6. The first kappa shape index (κ1) is 21.2. The Balaban J connectivity index is 1.53. The number of rotatable bonds is 8. The number of aromatic nitrogens is 3. The van der Waals surface area contributed by atoms with Gasteiger partial charge in [-0.3, -0.25) is 9.78 Å². The molecule has 7 heteroatoms. The Bertz CT molecular complexity index is 1190. The molecule has 2 aromatic carbocycles. The Morgan fingerprint density at radius 2 is 1.88 bits per heavy atom. The van der Waals surface area contributed by atoms with Gasteiger partial charge in [-0.05, 0) is 54.6 Å². The van der Waals surface area contributed by atoms with Crippen molar-refractivity contribution < 1.29 is 13.9 Å². The fourth-order valence-electron chi connectivity index (χ4n) is 3.34. The average molecular weight is 430 g/mol. The molecule has 0 unspecified atom stereocenters. The number of nitrogens with zero attached hydrogens (tertiary/aromatic N) is 3. The zero-order valence-electron chi connectivity index (χ0n) is 17.7. The lowest BCUT2D eigenvalue weighted by molar-refractivity contribution is -0.121. The number of aryl methyl sites for hydroxylation is 1. The maximum absolute atomic E-state index is 13.4. The quantitative estimate of drug-likeness (QED) is 0.452. The van der Waals surface area contributed by atoms with Gasteiger partial charge in [-0.1, -0.05) is 18.2 Å². The summed E-state index contributed by atoms with van der Waals surface area (Å²) in [6, 6.07) is 21.3. The molecule has 2 heterocycles. The van der Waals surface area contributed by atoms with Crippen molar-refractivity contribution in [3.8, 4) is 22.7 Å². The third-order valence-corrected chi connectivity index (χ3v) is 5.00. The fourth-order valence-corrected chi connectivity index (χ4v) is 3.34. The van der Waals surface area contributed by atoms with Crippen LogP contribution in [0.3, 0.4) is 0 Å². The second-order valence-corrected chi connectivity index (χ2v) is 7.24. The van der Waals surface area contributed by atoms with Crippen LogP contribution < -0.4 is 10.1 Å². The van der Waals surface area contributed by atoms with Gasteiger partial charge in [0.1, 0.15) is 11.6 Å². The Morgan fingerprint density at radius 3 is 2.62 bits per heavy atom. The first-order valence-corrected chi connectivity index (χ1v) is 10.3. The van der Waals surface area contributed by atoms with Crippen LogP contribution in [-0.2, 0) is 17.8 Å². The third kappa shape index (κ3) is 5.18. The number of halogens is 1. The molecule has 6 nitrogen and oxygen atoms in total. The summed E-state index contributed by atoms with van der Waals surface area (Å²) in [5.41, 5.74) is 4.04. The van der Waals surface area contributed by atoms with Crippen molar-refractivity contribution in [3.05, 3.63) is 96.2 Å². The predicted molar refractivity (Wildman–Crippen MR) is 120 cm³/mol. The molecule has 0 saturated heterocycles. The van der Waals surface area contributed by atoms with Crippen LogP contribution in [0.5, 0.6) is 5.75 Å². The maximum atomic E-state index is 13.4. The van der Waals surface area contributed by atoms with Crippen LogP contribution in [-0.4, -0.2) is 27.8 Å². The van der Waals surface area contributed by atoms with E-state index in [0.717, 1.165) is 34.1 Å². The molecular formula is C25H23FN4O2. The number of hydrogen-bond donors (Lipinski definition) is 1. The van der Waals surface area contributed by atoms with Crippen LogP contribution in [0.4, 0.5) is 4.39 Å². The standard InChI is InChI=1S/C25H23FN4O2/c1-32-23-7-4-5-18(15-23)24-16-20(29-30(24)22-11-8-19(26)9-12-22)10-13-25(31)28-17-21-6-2-3-14-27-21/h2-9,11-12,14-16H,10,13,17H2,1H3,(H,28,31). The van der Waals surface area contributed by atoms with Crippen LogP contribution >= 0.6 is 0 Å². The number of carbonyl (C=O) groups excluding carboxylic acids is 1. The molecule has 0 atom stereocenters. The van der Waals surface area contributed by atoms with E-state index in [1.54, 1.807) is 30.1 Å². The van der Waals surface area contributed by atoms with Gasteiger partial charge in [0.15, 0.2) is 0 Å². The van der Waals surface area contributed by atoms with E-state index in [1.807, 2.05) is 48.5 Å². The zero-order chi connectivity index (χ0) is 22.3. The van der Waals surface area contributed by atoms with Gasteiger partial charge in [-0.2, -0.15) is 5.10 Å². The van der Waals surface area contributed by atoms with Gasteiger partial charge in [-0.15, -0.1) is 0 Å². The van der Waals surface area contributed by atoms with E-state index in [1.165, 1.54) is 12.1 Å². The van der Waals surface area contributed by atoms with Crippen LogP contribution in [0.25, 0.3) is 16.9 Å². The van der Waals surface area contributed by atoms with Gasteiger partial charge in [0.05, 0.1) is 36.4 Å². The second-order valence-electron chi connectivity index (χ2n) is 7.24. The van der Waals surface area contributed by atoms with Gasteiger partial charge >= 0.3 is 0 Å². The molecule has 2 aromatic heterocycles. The number of benzene rings is 2. The van der Waals surface area contributed by atoms with Crippen LogP contribution in [0, 0.1) is 5.82 Å². The molecule has 0 saturated carbocycles. The molecule has 0 spiro atoms. The molecule has 4 rings (SSSR count). The molecule has 0 aliphatic heterocycles. The average Bonchev–Trinajstić information content (AvgIpc) is 3.27. The first-order valence-electron chi connectivity index (χ1n) is 10.3. The minimum absolute atomic E-state index is 0.0742. The minimum Gasteiger partial charge on any atom is -0.497 e. The molecular weight excluding hydrogens is 407 g/mol. The predicted octanol–water partition coefficient (Wildman–Crippen LogP) is 4.33. The second kappa shape index (κ2) is 9.87. The summed E-state index contributed by atoms with van der Waals surface area (Å²) < 4.78 is 20.5. The van der Waals surface area contributed by atoms with E-state index >= 15 is 0 Å². The monoisotopic (exact) mass is 430 g/mol. The Labute approximate surface area is 185 Å². The normalized spacial score (nSPS) is 10.7. The molecule has 0 aliphatic rings. The molecule has 0 fully saturated rings. The summed E-state index contributed by atoms with van der Waals surface area (Å²) in [5, 5.41) is 7.57. The van der Waals surface area contributed by atoms with Gasteiger partial charge in [0.25, 0.3) is 0 Å². The highest BCUT2D eigenvalue weighted by molar-refractivity contribution is 5.76. The number of amides is 1. The van der Waals surface area contributed by atoms with E-state index < -0.39 is 0 Å². The van der Waals surface area contributed by atoms with Crippen molar-refractivity contribution >= 4 is 5.91 Å². The van der Waals surface area contributed by atoms with Crippen LogP contribution in [0.15, 0.2) is 79.0 Å². The summed E-state index contributed by atoms with van der Waals surface area (Å²) in [5.74, 6) is 0.341. The van der Waals surface area contributed by atoms with Gasteiger partial charge < -0.3 is 10.1 Å². The summed E-state index contributed by atoms with van der Waals surface area (Å²) in [4.78, 5) is 16.5. The summed E-state index contributed by atoms with van der Waals surface area (Å²) in [6.07, 6.45) is 2.47. The van der Waals surface area contributed by atoms with Crippen molar-refractivity contribution in [2.24, 2.45) is 0 Å². The number of hydrogen-bond acceptors (Lipinski definition) is 4. The number of pyridine rings is 1. The summed E-state index contributed by atoms with van der Waals surface area (Å²) >= 11 is 0. The summed E-state index contributed by atoms with van der Waals surface area (Å²) in [6.45, 7) is 0.388. The number of ether oxygens (including phenoxy) is 1. The lowest BCUT2D eigenvalue weighted by Gasteiger charge is -2.09. The van der Waals surface area contributed by atoms with Gasteiger partial charge in [-0.25, -0.2) is 9.07 Å². The van der Waals surface area contributed by atoms with Crippen molar-refractivity contribution in [3.63, 3.8) is 0 Å². The Kier molecular flexibility index (Phi) is 6.55. The van der Waals surface area contributed by atoms with Crippen molar-refractivity contribution in [1.29, 1.82) is 0 Å². The fraction of sp³-hybridized carbons (Fsp3) is 0.160. The van der Waals surface area contributed by atoms with E-state index in [4.69, 9.17) is 9.84 Å². The highest BCUT2D eigenvalue weighted by Crippen LogP contribution is 2.27. The summed E-state index contributed by atoms with van der Waals surface area (Å²) in [7, 11) is 1.62. The SMILES string of the molecule is COc1cccc(-c2cc(CCC(=O)NCc3ccccn3)nn2-c2ccc(F)cc2)c1. The van der Waals surface area contributed by atoms with Crippen LogP contribution in [0.2, 0.25) is 0 Å². The molecule has 1 N–H and O–H groups in total. The van der Waals surface area contributed by atoms with E-state index in [9.17, 15) is 9.18 Å². The highest BCUT2D eigenvalue weighted by atomic mass is 19.1. The minimum atomic E-state index is -0.311. The molecule has 0 bridgehead atoms. The van der Waals surface area contributed by atoms with E-state index in [0.29, 0.717) is 19.4 Å². The Hall–Kier alpha value is -4.00. The topological polar surface area (TPSA) is 69.0 Å². The molecule has 4 aromatic rings. The maximum Gasteiger partial charge on any atom is 0.220 e. The Morgan fingerprint density at radius 1 is 1.03 bits per heavy atom. The van der Waals surface area contributed by atoms with Crippen molar-refractivity contribution in [2.45, 2.75) is 19.4 Å². The molecule has 1 amide bonds. The third-order valence-electron chi connectivity index (χ3n) is 5.00. The van der Waals surface area contributed by atoms with Gasteiger partial charge in [0, 0.05) is 24.6 Å². The van der Waals surface area contributed by atoms with Crippen molar-refractivity contribution in [2.75, 3.05) is 7.11 Å². The lowest BCUT2D eigenvalue weighted by Crippen LogP contribution is -2.23. The number of nitrogens with one attached hydrogen (secondary N) is 1. The lowest BCUT2D eigenvalue weighted by atomic mass is 10.1. The van der Waals surface area contributed by atoms with E-state index in [-0.39, 0.29) is 11.7 Å². The van der Waals surface area contributed by atoms with Crippen LogP contribution in [0.1, 0.15) is 17.8 Å². The molecule has 0 radical (unpaired) electrons. The number of methoxy groups -OCH3 is 1. The van der Waals surface area contributed by atoms with Gasteiger partial charge in [0.2, 0.25) is 5.91 Å². The highest BCUT2D eigenvalue weighted by Gasteiger charge is 2.14. The molecule has 0 aliphatic carbocycles. The molecule has 162 valence electrons. The zero-order valence-corrected chi connectivity index (χ0v) is 17.7.